The molecule has 0 spiro atoms. The second kappa shape index (κ2) is 7.88. The molecule has 0 aliphatic heterocycles. The molecule has 0 aliphatic carbocycles. The lowest BCUT2D eigenvalue weighted by Gasteiger charge is -2.02. The molecule has 0 unspecified atom stereocenters. The summed E-state index contributed by atoms with van der Waals surface area (Å²) in [5, 5.41) is 13.3. The molecule has 0 bridgehead atoms. The first-order valence-corrected chi connectivity index (χ1v) is 8.35. The number of nitrogens with zero attached hydrogens (tertiary/aromatic N) is 1. The van der Waals surface area contributed by atoms with Crippen molar-refractivity contribution in [2.75, 3.05) is 0 Å². The van der Waals surface area contributed by atoms with Crippen LogP contribution in [0.15, 0.2) is 64.1 Å². The van der Waals surface area contributed by atoms with Crippen LogP contribution in [-0.2, 0) is 0 Å². The molecule has 3 rings (SSSR count). The van der Waals surface area contributed by atoms with Gasteiger partial charge in [0.25, 0.3) is 5.91 Å². The average Bonchev–Trinajstić information content (AvgIpc) is 3.11. The largest absolute Gasteiger partial charge is 0.478 e. The highest BCUT2D eigenvalue weighted by Gasteiger charge is 2.12. The van der Waals surface area contributed by atoms with E-state index < -0.39 is 5.97 Å². The van der Waals surface area contributed by atoms with Gasteiger partial charge in [0.2, 0.25) is 0 Å². The Bertz CT molecular complexity index is 1020. The van der Waals surface area contributed by atoms with Gasteiger partial charge < -0.3 is 9.52 Å². The van der Waals surface area contributed by atoms with Crippen molar-refractivity contribution in [2.45, 2.75) is 6.92 Å². The average molecular weight is 383 g/mol. The second-order valence-electron chi connectivity index (χ2n) is 5.77. The number of hydrogen-bond acceptors (Lipinski definition) is 4. The summed E-state index contributed by atoms with van der Waals surface area (Å²) in [6, 6.07) is 14.7. The van der Waals surface area contributed by atoms with Crippen molar-refractivity contribution < 1.29 is 19.1 Å². The number of aryl methyl sites for hydroxylation is 1. The molecule has 7 heteroatoms. The van der Waals surface area contributed by atoms with Crippen LogP contribution < -0.4 is 5.43 Å². The fourth-order valence-electron chi connectivity index (χ4n) is 2.34. The quantitative estimate of drug-likeness (QED) is 0.506. The predicted molar refractivity (Wildman–Crippen MR) is 102 cm³/mol. The standard InChI is InChI=1S/C20H15ClN2O4/c1-12-2-4-13(5-3-12)19(24)23-22-11-15-7-9-18(27-15)16-10-14(20(25)26)6-8-17(16)21/h2-11H,1H3,(H,23,24)(H,25,26)/b22-11+. The molecule has 1 heterocycles. The Hall–Kier alpha value is -3.38. The van der Waals surface area contributed by atoms with Crippen molar-refractivity contribution in [1.82, 2.24) is 5.43 Å². The molecule has 2 N–H and O–H groups in total. The van der Waals surface area contributed by atoms with E-state index in [2.05, 4.69) is 10.5 Å². The number of amides is 1. The number of halogens is 1. The Morgan fingerprint density at radius 2 is 1.78 bits per heavy atom. The molecule has 0 saturated heterocycles. The summed E-state index contributed by atoms with van der Waals surface area (Å²) in [5.41, 5.74) is 4.53. The normalized spacial score (nSPS) is 10.9. The molecule has 1 amide bonds. The number of rotatable bonds is 5. The maximum absolute atomic E-state index is 12.0. The molecule has 0 saturated carbocycles. The summed E-state index contributed by atoms with van der Waals surface area (Å²) in [6.45, 7) is 1.94. The van der Waals surface area contributed by atoms with E-state index in [0.717, 1.165) is 5.56 Å². The Kier molecular flexibility index (Phi) is 5.38. The molecule has 0 atom stereocenters. The molecule has 136 valence electrons. The van der Waals surface area contributed by atoms with E-state index in [1.165, 1.54) is 24.4 Å². The number of carboxylic acids is 1. The molecule has 0 fully saturated rings. The van der Waals surface area contributed by atoms with E-state index >= 15 is 0 Å². The third kappa shape index (κ3) is 4.43. The minimum atomic E-state index is -1.06. The fraction of sp³-hybridized carbons (Fsp3) is 0.0500. The second-order valence-corrected chi connectivity index (χ2v) is 6.17. The number of carbonyl (C=O) groups is 2. The summed E-state index contributed by atoms with van der Waals surface area (Å²) in [4.78, 5) is 23.1. The van der Waals surface area contributed by atoms with Gasteiger partial charge in [-0.2, -0.15) is 5.10 Å². The van der Waals surface area contributed by atoms with Crippen molar-refractivity contribution in [2.24, 2.45) is 5.10 Å². The number of hydrazone groups is 1. The summed E-state index contributed by atoms with van der Waals surface area (Å²) in [5.74, 6) is -0.615. The van der Waals surface area contributed by atoms with Crippen LogP contribution in [0.3, 0.4) is 0 Å². The fourth-order valence-corrected chi connectivity index (χ4v) is 2.55. The van der Waals surface area contributed by atoms with E-state index in [1.54, 1.807) is 24.3 Å². The van der Waals surface area contributed by atoms with Crippen LogP contribution in [-0.4, -0.2) is 23.2 Å². The van der Waals surface area contributed by atoms with Gasteiger partial charge >= 0.3 is 5.97 Å². The zero-order valence-electron chi connectivity index (χ0n) is 14.3. The number of furan rings is 1. The number of carboxylic acid groups (broad SMARTS) is 1. The van der Waals surface area contributed by atoms with Crippen LogP contribution in [0, 0.1) is 6.92 Å². The Balaban J connectivity index is 1.72. The zero-order valence-corrected chi connectivity index (χ0v) is 15.0. The number of hydrogen-bond donors (Lipinski definition) is 2. The lowest BCUT2D eigenvalue weighted by Crippen LogP contribution is -2.17. The Morgan fingerprint density at radius 1 is 1.07 bits per heavy atom. The maximum Gasteiger partial charge on any atom is 0.335 e. The van der Waals surface area contributed by atoms with Crippen LogP contribution >= 0.6 is 11.6 Å². The molecule has 0 aliphatic rings. The van der Waals surface area contributed by atoms with Gasteiger partial charge in [-0.15, -0.1) is 0 Å². The van der Waals surface area contributed by atoms with Crippen LogP contribution in [0.1, 0.15) is 32.0 Å². The number of aromatic carboxylic acids is 1. The van der Waals surface area contributed by atoms with Crippen molar-refractivity contribution in [1.29, 1.82) is 0 Å². The van der Waals surface area contributed by atoms with E-state index in [4.69, 9.17) is 21.1 Å². The van der Waals surface area contributed by atoms with Gasteiger partial charge in [-0.05, 0) is 49.4 Å². The van der Waals surface area contributed by atoms with Gasteiger partial charge in [-0.1, -0.05) is 29.3 Å². The molecule has 1 aromatic heterocycles. The summed E-state index contributed by atoms with van der Waals surface area (Å²) in [6.07, 6.45) is 1.35. The summed E-state index contributed by atoms with van der Waals surface area (Å²) in [7, 11) is 0. The third-order valence-electron chi connectivity index (χ3n) is 3.78. The molecular formula is C20H15ClN2O4. The van der Waals surface area contributed by atoms with Gasteiger partial charge in [0.15, 0.2) is 0 Å². The lowest BCUT2D eigenvalue weighted by molar-refractivity contribution is 0.0696. The van der Waals surface area contributed by atoms with Crippen molar-refractivity contribution in [3.63, 3.8) is 0 Å². The SMILES string of the molecule is Cc1ccc(C(=O)N/N=C/c2ccc(-c3cc(C(=O)O)ccc3Cl)o2)cc1. The minimum Gasteiger partial charge on any atom is -0.478 e. The predicted octanol–water partition coefficient (Wildman–Crippen LogP) is 4.37. The third-order valence-corrected chi connectivity index (χ3v) is 4.11. The van der Waals surface area contributed by atoms with E-state index in [1.807, 2.05) is 19.1 Å². The number of nitrogens with one attached hydrogen (secondary N) is 1. The van der Waals surface area contributed by atoms with E-state index in [9.17, 15) is 9.59 Å². The van der Waals surface area contributed by atoms with Gasteiger partial charge in [0, 0.05) is 11.1 Å². The van der Waals surface area contributed by atoms with Crippen molar-refractivity contribution in [3.8, 4) is 11.3 Å². The summed E-state index contributed by atoms with van der Waals surface area (Å²) < 4.78 is 5.61. The van der Waals surface area contributed by atoms with Crippen molar-refractivity contribution in [3.05, 3.63) is 82.1 Å². The van der Waals surface area contributed by atoms with E-state index in [-0.39, 0.29) is 11.5 Å². The Morgan fingerprint density at radius 3 is 2.48 bits per heavy atom. The van der Waals surface area contributed by atoms with Crippen LogP contribution in [0.25, 0.3) is 11.3 Å². The highest BCUT2D eigenvalue weighted by molar-refractivity contribution is 6.33. The first kappa shape index (κ1) is 18.4. The molecule has 0 radical (unpaired) electrons. The smallest absolute Gasteiger partial charge is 0.335 e. The van der Waals surface area contributed by atoms with Crippen LogP contribution in [0.2, 0.25) is 5.02 Å². The van der Waals surface area contributed by atoms with E-state index in [0.29, 0.717) is 27.7 Å². The van der Waals surface area contributed by atoms with Gasteiger partial charge in [0.1, 0.15) is 11.5 Å². The Labute approximate surface area is 160 Å². The molecular weight excluding hydrogens is 368 g/mol. The first-order chi connectivity index (χ1) is 12.9. The van der Waals surface area contributed by atoms with Crippen LogP contribution in [0.4, 0.5) is 0 Å². The summed E-state index contributed by atoms with van der Waals surface area (Å²) >= 11 is 6.13. The highest BCUT2D eigenvalue weighted by atomic mass is 35.5. The molecule has 3 aromatic rings. The first-order valence-electron chi connectivity index (χ1n) is 7.97. The molecule has 2 aromatic carbocycles. The monoisotopic (exact) mass is 382 g/mol. The van der Waals surface area contributed by atoms with Crippen LogP contribution in [0.5, 0.6) is 0 Å². The highest BCUT2D eigenvalue weighted by Crippen LogP contribution is 2.30. The van der Waals surface area contributed by atoms with Gasteiger partial charge in [0.05, 0.1) is 16.8 Å². The topological polar surface area (TPSA) is 91.9 Å². The minimum absolute atomic E-state index is 0.103. The molecule has 27 heavy (non-hydrogen) atoms. The maximum atomic E-state index is 12.0. The lowest BCUT2D eigenvalue weighted by atomic mass is 10.1. The molecule has 6 nitrogen and oxygen atoms in total. The van der Waals surface area contributed by atoms with Crippen molar-refractivity contribution >= 4 is 29.7 Å². The number of carbonyl (C=O) groups excluding carboxylic acids is 1. The van der Waals surface area contributed by atoms with Gasteiger partial charge in [-0.25, -0.2) is 10.2 Å². The number of benzene rings is 2. The van der Waals surface area contributed by atoms with Gasteiger partial charge in [-0.3, -0.25) is 4.79 Å². The zero-order chi connectivity index (χ0) is 19.4.